The zero-order chi connectivity index (χ0) is 18.4. The topological polar surface area (TPSA) is 65.1 Å². The number of benzene rings is 1. The predicted octanol–water partition coefficient (Wildman–Crippen LogP) is 3.41. The zero-order valence-corrected chi connectivity index (χ0v) is 15.9. The third kappa shape index (κ3) is 4.82. The van der Waals surface area contributed by atoms with Gasteiger partial charge in [0, 0.05) is 54.2 Å². The van der Waals surface area contributed by atoms with Gasteiger partial charge in [-0.15, -0.1) is 11.3 Å². The van der Waals surface area contributed by atoms with Crippen LogP contribution in [0.5, 0.6) is 0 Å². The first-order valence-corrected chi connectivity index (χ1v) is 9.66. The summed E-state index contributed by atoms with van der Waals surface area (Å²) >= 11 is 1.72. The number of nitrogens with one attached hydrogen (secondary N) is 3. The molecule has 0 aliphatic rings. The molecule has 26 heavy (non-hydrogen) atoms. The Kier molecular flexibility index (Phi) is 6.22. The Labute approximate surface area is 156 Å². The van der Waals surface area contributed by atoms with Crippen molar-refractivity contribution in [2.75, 3.05) is 19.6 Å². The maximum Gasteiger partial charge on any atom is 0.191 e. The lowest BCUT2D eigenvalue weighted by atomic mass is 10.1. The second kappa shape index (κ2) is 8.80. The second-order valence-corrected chi connectivity index (χ2v) is 7.38. The maximum absolute atomic E-state index is 13.3. The van der Waals surface area contributed by atoms with Gasteiger partial charge in [-0.05, 0) is 44.0 Å². The average Bonchev–Trinajstić information content (AvgIpc) is 3.21. The standard InChI is InChI=1S/C19H24FN5S/c1-3-21-19(23-9-7-18-25-11-13(2)26-18)22-8-6-14-12-24-17-10-15(20)4-5-16(14)17/h4-5,10-12,24H,3,6-9H2,1-2H3,(H2,21,22,23). The number of aliphatic imine (C=N–C) groups is 1. The summed E-state index contributed by atoms with van der Waals surface area (Å²) in [5.41, 5.74) is 2.00. The third-order valence-corrected chi connectivity index (χ3v) is 5.00. The molecule has 2 heterocycles. The van der Waals surface area contributed by atoms with Gasteiger partial charge in [-0.1, -0.05) is 0 Å². The predicted molar refractivity (Wildman–Crippen MR) is 106 cm³/mol. The molecule has 0 saturated heterocycles. The van der Waals surface area contributed by atoms with Crippen LogP contribution in [0.15, 0.2) is 35.6 Å². The molecule has 0 aliphatic carbocycles. The molecule has 0 spiro atoms. The van der Waals surface area contributed by atoms with Gasteiger partial charge in [0.1, 0.15) is 5.82 Å². The van der Waals surface area contributed by atoms with Crippen molar-refractivity contribution in [2.24, 2.45) is 4.99 Å². The minimum absolute atomic E-state index is 0.221. The summed E-state index contributed by atoms with van der Waals surface area (Å²) in [5.74, 6) is 0.590. The lowest BCUT2D eigenvalue weighted by molar-refractivity contribution is 0.629. The van der Waals surface area contributed by atoms with E-state index in [-0.39, 0.29) is 5.82 Å². The van der Waals surface area contributed by atoms with Crippen molar-refractivity contribution in [3.8, 4) is 0 Å². The highest BCUT2D eigenvalue weighted by Crippen LogP contribution is 2.19. The van der Waals surface area contributed by atoms with E-state index in [9.17, 15) is 4.39 Å². The molecule has 0 bridgehead atoms. The van der Waals surface area contributed by atoms with Gasteiger partial charge in [0.15, 0.2) is 5.96 Å². The number of aromatic amines is 1. The summed E-state index contributed by atoms with van der Waals surface area (Å²) in [6.45, 7) is 6.39. The van der Waals surface area contributed by atoms with Gasteiger partial charge in [-0.3, -0.25) is 4.99 Å². The van der Waals surface area contributed by atoms with Crippen molar-refractivity contribution >= 4 is 28.2 Å². The molecule has 0 saturated carbocycles. The molecule has 3 N–H and O–H groups in total. The number of halogens is 1. The van der Waals surface area contributed by atoms with Gasteiger partial charge in [0.05, 0.1) is 5.01 Å². The van der Waals surface area contributed by atoms with E-state index in [2.05, 4.69) is 39.4 Å². The fourth-order valence-corrected chi connectivity index (χ4v) is 3.58. The number of hydrogen-bond donors (Lipinski definition) is 3. The molecular weight excluding hydrogens is 349 g/mol. The van der Waals surface area contributed by atoms with Gasteiger partial charge in [0.25, 0.3) is 0 Å². The van der Waals surface area contributed by atoms with E-state index in [1.54, 1.807) is 11.3 Å². The van der Waals surface area contributed by atoms with Gasteiger partial charge in [0.2, 0.25) is 0 Å². The van der Waals surface area contributed by atoms with Gasteiger partial charge in [-0.2, -0.15) is 0 Å². The highest BCUT2D eigenvalue weighted by molar-refractivity contribution is 7.11. The average molecular weight is 374 g/mol. The number of guanidine groups is 1. The van der Waals surface area contributed by atoms with Crippen LogP contribution in [-0.4, -0.2) is 35.6 Å². The van der Waals surface area contributed by atoms with Crippen LogP contribution in [0.2, 0.25) is 0 Å². The van der Waals surface area contributed by atoms with Crippen LogP contribution in [0.4, 0.5) is 4.39 Å². The molecule has 138 valence electrons. The van der Waals surface area contributed by atoms with E-state index in [0.717, 1.165) is 47.8 Å². The van der Waals surface area contributed by atoms with Crippen LogP contribution in [-0.2, 0) is 12.8 Å². The Morgan fingerprint density at radius 1 is 1.31 bits per heavy atom. The van der Waals surface area contributed by atoms with Crippen molar-refractivity contribution in [1.82, 2.24) is 20.6 Å². The van der Waals surface area contributed by atoms with Gasteiger partial charge >= 0.3 is 0 Å². The van der Waals surface area contributed by atoms with Crippen molar-refractivity contribution < 1.29 is 4.39 Å². The zero-order valence-electron chi connectivity index (χ0n) is 15.1. The summed E-state index contributed by atoms with van der Waals surface area (Å²) < 4.78 is 13.3. The summed E-state index contributed by atoms with van der Waals surface area (Å²) in [5, 5.41) is 8.81. The number of aromatic nitrogens is 2. The highest BCUT2D eigenvalue weighted by atomic mass is 32.1. The molecule has 0 atom stereocenters. The number of fused-ring (bicyclic) bond motifs is 1. The summed E-state index contributed by atoms with van der Waals surface area (Å²) in [7, 11) is 0. The van der Waals surface area contributed by atoms with Gasteiger partial charge < -0.3 is 15.6 Å². The summed E-state index contributed by atoms with van der Waals surface area (Å²) in [6.07, 6.45) is 5.53. The fraction of sp³-hybridized carbons (Fsp3) is 0.368. The lowest BCUT2D eigenvalue weighted by Gasteiger charge is -2.11. The first kappa shape index (κ1) is 18.4. The van der Waals surface area contributed by atoms with Crippen LogP contribution in [0.3, 0.4) is 0 Å². The number of H-pyrrole nitrogens is 1. The normalized spacial score (nSPS) is 11.9. The second-order valence-electron chi connectivity index (χ2n) is 6.06. The highest BCUT2D eigenvalue weighted by Gasteiger charge is 2.05. The Morgan fingerprint density at radius 2 is 2.19 bits per heavy atom. The van der Waals surface area contributed by atoms with Crippen LogP contribution in [0.25, 0.3) is 10.9 Å². The lowest BCUT2D eigenvalue weighted by Crippen LogP contribution is -2.38. The minimum atomic E-state index is -0.221. The Morgan fingerprint density at radius 3 is 2.96 bits per heavy atom. The molecule has 1 aromatic carbocycles. The third-order valence-electron chi connectivity index (χ3n) is 4.03. The molecule has 0 amide bonds. The Balaban J connectivity index is 1.53. The van der Waals surface area contributed by atoms with E-state index < -0.39 is 0 Å². The molecule has 0 fully saturated rings. The van der Waals surface area contributed by atoms with Crippen LogP contribution in [0.1, 0.15) is 22.4 Å². The van der Waals surface area contributed by atoms with E-state index in [0.29, 0.717) is 6.54 Å². The van der Waals surface area contributed by atoms with Gasteiger partial charge in [-0.25, -0.2) is 9.37 Å². The number of nitrogens with zero attached hydrogens (tertiary/aromatic N) is 2. The summed E-state index contributed by atoms with van der Waals surface area (Å²) in [4.78, 5) is 13.3. The van der Waals surface area contributed by atoms with Crippen molar-refractivity contribution in [3.63, 3.8) is 0 Å². The number of aryl methyl sites for hydroxylation is 1. The molecule has 0 radical (unpaired) electrons. The largest absolute Gasteiger partial charge is 0.361 e. The Bertz CT molecular complexity index is 883. The summed E-state index contributed by atoms with van der Waals surface area (Å²) in [6, 6.07) is 4.85. The van der Waals surface area contributed by atoms with Crippen molar-refractivity contribution in [3.05, 3.63) is 51.9 Å². The fourth-order valence-electron chi connectivity index (χ4n) is 2.80. The first-order chi connectivity index (χ1) is 12.7. The van der Waals surface area contributed by atoms with Crippen molar-refractivity contribution in [1.29, 1.82) is 0 Å². The monoisotopic (exact) mass is 373 g/mol. The SMILES string of the molecule is CCNC(=NCCc1ncc(C)s1)NCCc1c[nH]c2cc(F)ccc12. The van der Waals surface area contributed by atoms with E-state index in [1.807, 2.05) is 18.5 Å². The molecular formula is C19H24FN5S. The van der Waals surface area contributed by atoms with Crippen molar-refractivity contribution in [2.45, 2.75) is 26.7 Å². The molecule has 0 unspecified atom stereocenters. The Hall–Kier alpha value is -2.41. The van der Waals surface area contributed by atoms with E-state index in [4.69, 9.17) is 0 Å². The molecule has 5 nitrogen and oxygen atoms in total. The molecule has 3 aromatic rings. The smallest absolute Gasteiger partial charge is 0.191 e. The molecule has 2 aromatic heterocycles. The number of rotatable bonds is 7. The van der Waals surface area contributed by atoms with E-state index >= 15 is 0 Å². The maximum atomic E-state index is 13.3. The van der Waals surface area contributed by atoms with Crippen LogP contribution >= 0.6 is 11.3 Å². The quantitative estimate of drug-likeness (QED) is 0.439. The first-order valence-electron chi connectivity index (χ1n) is 8.84. The van der Waals surface area contributed by atoms with Crippen LogP contribution in [0, 0.1) is 12.7 Å². The number of hydrogen-bond acceptors (Lipinski definition) is 3. The minimum Gasteiger partial charge on any atom is -0.361 e. The molecule has 7 heteroatoms. The van der Waals surface area contributed by atoms with Crippen LogP contribution < -0.4 is 10.6 Å². The number of thiazole rings is 1. The molecule has 3 rings (SSSR count). The molecule has 0 aliphatic heterocycles. The van der Waals surface area contributed by atoms with E-state index in [1.165, 1.54) is 22.6 Å².